The molecule has 1 N–H and O–H groups in total. The molecule has 20 heavy (non-hydrogen) atoms. The zero-order valence-electron chi connectivity index (χ0n) is 11.8. The third-order valence-electron chi connectivity index (χ3n) is 4.51. The fourth-order valence-electron chi connectivity index (χ4n) is 3.54. The van der Waals surface area contributed by atoms with E-state index in [0.29, 0.717) is 16.7 Å². The van der Waals surface area contributed by atoms with Gasteiger partial charge in [-0.1, -0.05) is 12.8 Å². The molecule has 0 aromatic carbocycles. The molecule has 112 valence electrons. The lowest BCUT2D eigenvalue weighted by Gasteiger charge is -2.30. The van der Waals surface area contributed by atoms with Crippen molar-refractivity contribution < 1.29 is 8.42 Å². The van der Waals surface area contributed by atoms with Gasteiger partial charge in [-0.05, 0) is 44.4 Å². The van der Waals surface area contributed by atoms with Crippen molar-refractivity contribution in [3.8, 4) is 0 Å². The zero-order valence-corrected chi connectivity index (χ0v) is 13.5. The molecule has 2 heterocycles. The molecule has 2 aliphatic rings. The molecule has 0 radical (unpaired) electrons. The molecule has 2 unspecified atom stereocenters. The first-order valence-electron chi connectivity index (χ1n) is 7.38. The molecule has 0 spiro atoms. The van der Waals surface area contributed by atoms with Crippen molar-refractivity contribution in [2.75, 3.05) is 13.6 Å². The molecular formula is C14H22N2O2S2. The van der Waals surface area contributed by atoms with Crippen LogP contribution in [0.5, 0.6) is 0 Å². The van der Waals surface area contributed by atoms with Crippen molar-refractivity contribution >= 4 is 21.4 Å². The Morgan fingerprint density at radius 1 is 1.30 bits per heavy atom. The standard InChI is InChI=1S/C14H22N2O2S2/c1-15-10-12-6-7-14(19-12)20(17,18)16-9-8-11-4-2-3-5-13(11)16/h6-7,11,13,15H,2-5,8-10H2,1H3. The highest BCUT2D eigenvalue weighted by Crippen LogP contribution is 2.40. The summed E-state index contributed by atoms with van der Waals surface area (Å²) in [5, 5.41) is 3.07. The highest BCUT2D eigenvalue weighted by atomic mass is 32.2. The lowest BCUT2D eigenvalue weighted by atomic mass is 9.86. The van der Waals surface area contributed by atoms with Gasteiger partial charge in [0.25, 0.3) is 10.0 Å². The lowest BCUT2D eigenvalue weighted by molar-refractivity contribution is 0.260. The molecule has 4 nitrogen and oxygen atoms in total. The summed E-state index contributed by atoms with van der Waals surface area (Å²) in [6.45, 7) is 1.43. The van der Waals surface area contributed by atoms with Crippen molar-refractivity contribution in [1.82, 2.24) is 9.62 Å². The molecule has 1 aliphatic carbocycles. The van der Waals surface area contributed by atoms with Gasteiger partial charge < -0.3 is 5.32 Å². The van der Waals surface area contributed by atoms with Crippen LogP contribution in [-0.2, 0) is 16.6 Å². The number of fused-ring (bicyclic) bond motifs is 1. The second kappa shape index (κ2) is 5.75. The normalized spacial score (nSPS) is 27.6. The SMILES string of the molecule is CNCc1ccc(S(=O)(=O)N2CCC3CCCCC32)s1. The van der Waals surface area contributed by atoms with Gasteiger partial charge in [0.2, 0.25) is 0 Å². The minimum absolute atomic E-state index is 0.253. The molecule has 0 amide bonds. The number of sulfonamides is 1. The Balaban J connectivity index is 1.83. The number of hydrogen-bond acceptors (Lipinski definition) is 4. The summed E-state index contributed by atoms with van der Waals surface area (Å²) in [5.74, 6) is 0.593. The predicted octanol–water partition coefficient (Wildman–Crippen LogP) is 2.42. The van der Waals surface area contributed by atoms with Gasteiger partial charge in [0.1, 0.15) is 4.21 Å². The van der Waals surface area contributed by atoms with E-state index in [2.05, 4.69) is 5.32 Å². The van der Waals surface area contributed by atoms with E-state index in [4.69, 9.17) is 0 Å². The zero-order chi connectivity index (χ0) is 14.2. The van der Waals surface area contributed by atoms with E-state index in [0.717, 1.165) is 24.3 Å². The van der Waals surface area contributed by atoms with E-state index < -0.39 is 10.0 Å². The highest BCUT2D eigenvalue weighted by molar-refractivity contribution is 7.91. The van der Waals surface area contributed by atoms with Crippen LogP contribution in [0.25, 0.3) is 0 Å². The molecule has 1 aliphatic heterocycles. The van der Waals surface area contributed by atoms with Crippen LogP contribution < -0.4 is 5.32 Å². The van der Waals surface area contributed by atoms with Crippen LogP contribution >= 0.6 is 11.3 Å². The van der Waals surface area contributed by atoms with Gasteiger partial charge in [0.15, 0.2) is 0 Å². The molecular weight excluding hydrogens is 292 g/mol. The van der Waals surface area contributed by atoms with Crippen LogP contribution in [0.1, 0.15) is 37.0 Å². The molecule has 1 saturated carbocycles. The van der Waals surface area contributed by atoms with Crippen LogP contribution in [0.4, 0.5) is 0 Å². The van der Waals surface area contributed by atoms with Crippen molar-refractivity contribution in [3.05, 3.63) is 17.0 Å². The quantitative estimate of drug-likeness (QED) is 0.928. The Labute approximate surface area is 125 Å². The van der Waals surface area contributed by atoms with Crippen molar-refractivity contribution in [2.24, 2.45) is 5.92 Å². The first-order valence-corrected chi connectivity index (χ1v) is 9.64. The van der Waals surface area contributed by atoms with Crippen LogP contribution in [0.2, 0.25) is 0 Å². The van der Waals surface area contributed by atoms with Crippen LogP contribution in [0.15, 0.2) is 16.3 Å². The van der Waals surface area contributed by atoms with E-state index in [1.165, 1.54) is 30.6 Å². The smallest absolute Gasteiger partial charge is 0.252 e. The van der Waals surface area contributed by atoms with Gasteiger partial charge in [-0.3, -0.25) is 0 Å². The fourth-order valence-corrected chi connectivity index (χ4v) is 6.77. The highest BCUT2D eigenvalue weighted by Gasteiger charge is 2.42. The fraction of sp³-hybridized carbons (Fsp3) is 0.714. The Hall–Kier alpha value is -0.430. The molecule has 3 rings (SSSR count). The Kier molecular flexibility index (Phi) is 4.17. The number of nitrogens with one attached hydrogen (secondary N) is 1. The Bertz CT molecular complexity index is 567. The first kappa shape index (κ1) is 14.5. The molecule has 6 heteroatoms. The maximum absolute atomic E-state index is 12.8. The van der Waals surface area contributed by atoms with E-state index >= 15 is 0 Å². The average Bonchev–Trinajstić information content (AvgIpc) is 3.05. The second-order valence-corrected chi connectivity index (χ2v) is 9.05. The summed E-state index contributed by atoms with van der Waals surface area (Å²) in [7, 11) is -1.41. The topological polar surface area (TPSA) is 49.4 Å². The number of thiophene rings is 1. The monoisotopic (exact) mass is 314 g/mol. The summed E-state index contributed by atoms with van der Waals surface area (Å²) in [4.78, 5) is 1.07. The lowest BCUT2D eigenvalue weighted by Crippen LogP contribution is -2.38. The third kappa shape index (κ3) is 2.54. The van der Waals surface area contributed by atoms with E-state index in [1.807, 2.05) is 13.1 Å². The van der Waals surface area contributed by atoms with Gasteiger partial charge in [-0.15, -0.1) is 11.3 Å². The predicted molar refractivity (Wildman–Crippen MR) is 81.3 cm³/mol. The van der Waals surface area contributed by atoms with Crippen molar-refractivity contribution in [1.29, 1.82) is 0 Å². The first-order chi connectivity index (χ1) is 9.63. The molecule has 1 aromatic rings. The molecule has 2 fully saturated rings. The van der Waals surface area contributed by atoms with Gasteiger partial charge in [0.05, 0.1) is 0 Å². The van der Waals surface area contributed by atoms with Crippen LogP contribution in [0.3, 0.4) is 0 Å². The van der Waals surface area contributed by atoms with Crippen LogP contribution in [0, 0.1) is 5.92 Å². The second-order valence-electron chi connectivity index (χ2n) is 5.77. The van der Waals surface area contributed by atoms with E-state index in [1.54, 1.807) is 10.4 Å². The largest absolute Gasteiger partial charge is 0.315 e. The molecule has 1 saturated heterocycles. The van der Waals surface area contributed by atoms with Crippen LogP contribution in [-0.4, -0.2) is 32.4 Å². The third-order valence-corrected chi connectivity index (χ3v) is 7.99. The number of rotatable bonds is 4. The summed E-state index contributed by atoms with van der Waals surface area (Å²) in [5.41, 5.74) is 0. The number of nitrogens with zero attached hydrogens (tertiary/aromatic N) is 1. The summed E-state index contributed by atoms with van der Waals surface area (Å²) < 4.78 is 27.9. The summed E-state index contributed by atoms with van der Waals surface area (Å²) in [6, 6.07) is 3.94. The van der Waals surface area contributed by atoms with E-state index in [-0.39, 0.29) is 6.04 Å². The molecule has 0 bridgehead atoms. The summed E-state index contributed by atoms with van der Waals surface area (Å²) >= 11 is 1.40. The molecule has 2 atom stereocenters. The Morgan fingerprint density at radius 2 is 2.10 bits per heavy atom. The average molecular weight is 314 g/mol. The van der Waals surface area contributed by atoms with Gasteiger partial charge in [-0.25, -0.2) is 8.42 Å². The summed E-state index contributed by atoms with van der Waals surface area (Å²) in [6.07, 6.45) is 5.71. The molecule has 1 aromatic heterocycles. The minimum Gasteiger partial charge on any atom is -0.315 e. The van der Waals surface area contributed by atoms with Gasteiger partial charge in [0, 0.05) is 24.0 Å². The Morgan fingerprint density at radius 3 is 2.90 bits per heavy atom. The van der Waals surface area contributed by atoms with Gasteiger partial charge in [-0.2, -0.15) is 4.31 Å². The maximum Gasteiger partial charge on any atom is 0.252 e. The van der Waals surface area contributed by atoms with Crippen molar-refractivity contribution in [2.45, 2.75) is 48.9 Å². The number of hydrogen-bond donors (Lipinski definition) is 1. The van der Waals surface area contributed by atoms with Gasteiger partial charge >= 0.3 is 0 Å². The maximum atomic E-state index is 12.8. The van der Waals surface area contributed by atoms with E-state index in [9.17, 15) is 8.42 Å². The minimum atomic E-state index is -3.28. The van der Waals surface area contributed by atoms with Crippen molar-refractivity contribution in [3.63, 3.8) is 0 Å².